The number of pyridine rings is 1. The molecular formula is C15H23N3O2. The van der Waals surface area contributed by atoms with E-state index in [1.807, 2.05) is 51.9 Å². The first-order valence-corrected chi connectivity index (χ1v) is 6.88. The van der Waals surface area contributed by atoms with Crippen molar-refractivity contribution in [3.05, 3.63) is 18.3 Å². The fourth-order valence-corrected chi connectivity index (χ4v) is 1.99. The lowest BCUT2D eigenvalue weighted by atomic mass is 10.2. The van der Waals surface area contributed by atoms with Gasteiger partial charge in [0.15, 0.2) is 0 Å². The van der Waals surface area contributed by atoms with Crippen molar-refractivity contribution in [1.29, 1.82) is 0 Å². The fraction of sp³-hybridized carbons (Fsp3) is 0.600. The molecule has 1 fully saturated rings. The van der Waals surface area contributed by atoms with Gasteiger partial charge in [-0.3, -0.25) is 4.79 Å². The number of nitrogens with zero attached hydrogens (tertiary/aromatic N) is 2. The monoisotopic (exact) mass is 277 g/mol. The van der Waals surface area contributed by atoms with E-state index >= 15 is 0 Å². The van der Waals surface area contributed by atoms with E-state index in [0.29, 0.717) is 0 Å². The van der Waals surface area contributed by atoms with Crippen LogP contribution in [-0.4, -0.2) is 36.7 Å². The second-order valence-corrected chi connectivity index (χ2v) is 6.40. The van der Waals surface area contributed by atoms with Gasteiger partial charge in [-0.1, -0.05) is 0 Å². The summed E-state index contributed by atoms with van der Waals surface area (Å²) in [6.45, 7) is 6.01. The minimum absolute atomic E-state index is 0.0126. The first-order chi connectivity index (χ1) is 9.26. The van der Waals surface area contributed by atoms with E-state index in [9.17, 15) is 4.79 Å². The van der Waals surface area contributed by atoms with Gasteiger partial charge in [-0.25, -0.2) is 4.98 Å². The highest BCUT2D eigenvalue weighted by Gasteiger charge is 2.46. The lowest BCUT2D eigenvalue weighted by Crippen LogP contribution is -2.24. The number of ether oxygens (including phenoxy) is 1. The van der Waals surface area contributed by atoms with Crippen molar-refractivity contribution < 1.29 is 9.53 Å². The van der Waals surface area contributed by atoms with Gasteiger partial charge in [-0.05, 0) is 39.3 Å². The third-order valence-corrected chi connectivity index (χ3v) is 3.05. The van der Waals surface area contributed by atoms with Gasteiger partial charge in [0.25, 0.3) is 0 Å². The van der Waals surface area contributed by atoms with Crippen LogP contribution in [0.5, 0.6) is 0 Å². The molecule has 1 aromatic heterocycles. The Hall–Kier alpha value is -1.62. The molecule has 5 heteroatoms. The summed E-state index contributed by atoms with van der Waals surface area (Å²) in [5.74, 6) is 0.838. The zero-order valence-electron chi connectivity index (χ0n) is 12.8. The van der Waals surface area contributed by atoms with E-state index in [1.54, 1.807) is 6.20 Å². The summed E-state index contributed by atoms with van der Waals surface area (Å²) in [7, 11) is 3.86. The molecule has 0 spiro atoms. The second-order valence-electron chi connectivity index (χ2n) is 6.40. The van der Waals surface area contributed by atoms with Gasteiger partial charge in [-0.15, -0.1) is 0 Å². The Bertz CT molecular complexity index is 477. The molecule has 0 saturated heterocycles. The molecule has 2 atom stereocenters. The quantitative estimate of drug-likeness (QED) is 0.917. The van der Waals surface area contributed by atoms with Crippen molar-refractivity contribution in [2.45, 2.75) is 38.9 Å². The van der Waals surface area contributed by atoms with E-state index in [2.05, 4.69) is 10.3 Å². The molecule has 1 aromatic rings. The second kappa shape index (κ2) is 5.40. The van der Waals surface area contributed by atoms with Gasteiger partial charge in [0, 0.05) is 14.1 Å². The molecule has 1 aliphatic rings. The predicted molar refractivity (Wildman–Crippen MR) is 79.9 cm³/mol. The topological polar surface area (TPSA) is 54.5 Å². The van der Waals surface area contributed by atoms with Crippen LogP contribution in [0.15, 0.2) is 18.3 Å². The molecule has 0 radical (unpaired) electrons. The standard InChI is InChI=1S/C15H23N3O2/c1-15(2,3)20-12-8-11(12)14(19)17-10-6-7-13(16-9-10)18(4)5/h6-7,9,11-12H,8H2,1-5H3,(H,17,19)/t11-,12-/m0/s1. The Labute approximate surface area is 120 Å². The lowest BCUT2D eigenvalue weighted by molar-refractivity contribution is -0.119. The molecular weight excluding hydrogens is 254 g/mol. The van der Waals surface area contributed by atoms with Crippen LogP contribution in [0, 0.1) is 5.92 Å². The lowest BCUT2D eigenvalue weighted by Gasteiger charge is -2.19. The average Bonchev–Trinajstić information content (AvgIpc) is 3.06. The minimum Gasteiger partial charge on any atom is -0.372 e. The van der Waals surface area contributed by atoms with Crippen LogP contribution < -0.4 is 10.2 Å². The number of carbonyl (C=O) groups excluding carboxylic acids is 1. The molecule has 0 aliphatic heterocycles. The molecule has 1 N–H and O–H groups in total. The molecule has 2 rings (SSSR count). The van der Waals surface area contributed by atoms with Crippen LogP contribution in [0.2, 0.25) is 0 Å². The zero-order valence-corrected chi connectivity index (χ0v) is 12.8. The molecule has 110 valence electrons. The van der Waals surface area contributed by atoms with Crippen molar-refractivity contribution in [1.82, 2.24) is 4.98 Å². The molecule has 1 amide bonds. The van der Waals surface area contributed by atoms with Gasteiger partial charge >= 0.3 is 0 Å². The van der Waals surface area contributed by atoms with Gasteiger partial charge in [-0.2, -0.15) is 0 Å². The van der Waals surface area contributed by atoms with Crippen LogP contribution in [0.1, 0.15) is 27.2 Å². The van der Waals surface area contributed by atoms with Gasteiger partial charge < -0.3 is 15.0 Å². The maximum atomic E-state index is 12.1. The Kier molecular flexibility index (Phi) is 3.99. The number of rotatable bonds is 4. The number of hydrogen-bond donors (Lipinski definition) is 1. The van der Waals surface area contributed by atoms with E-state index in [4.69, 9.17) is 4.74 Å². The van der Waals surface area contributed by atoms with Crippen molar-refractivity contribution in [3.8, 4) is 0 Å². The first kappa shape index (κ1) is 14.8. The minimum atomic E-state index is -0.200. The fourth-order valence-electron chi connectivity index (χ4n) is 1.99. The summed E-state index contributed by atoms with van der Waals surface area (Å²) < 4.78 is 5.79. The van der Waals surface area contributed by atoms with Gasteiger partial charge in [0.05, 0.1) is 29.5 Å². The highest BCUT2D eigenvalue weighted by atomic mass is 16.5. The predicted octanol–water partition coefficient (Wildman–Crippen LogP) is 2.29. The SMILES string of the molecule is CN(C)c1ccc(NC(=O)[C@H]2C[C@@H]2OC(C)(C)C)cn1. The molecule has 1 saturated carbocycles. The summed E-state index contributed by atoms with van der Waals surface area (Å²) in [5.41, 5.74) is 0.524. The summed E-state index contributed by atoms with van der Waals surface area (Å²) in [6, 6.07) is 3.74. The molecule has 0 aromatic carbocycles. The molecule has 5 nitrogen and oxygen atoms in total. The van der Waals surface area contributed by atoms with Gasteiger partial charge in [0.2, 0.25) is 5.91 Å². The zero-order chi connectivity index (χ0) is 14.9. The smallest absolute Gasteiger partial charge is 0.230 e. The number of amides is 1. The summed E-state index contributed by atoms with van der Waals surface area (Å²) in [5, 5.41) is 2.89. The largest absolute Gasteiger partial charge is 0.372 e. The van der Waals surface area contributed by atoms with Crippen molar-refractivity contribution in [2.75, 3.05) is 24.3 Å². The van der Waals surface area contributed by atoms with E-state index < -0.39 is 0 Å². The maximum Gasteiger partial charge on any atom is 0.230 e. The highest BCUT2D eigenvalue weighted by molar-refractivity contribution is 5.94. The molecule has 1 aliphatic carbocycles. The third-order valence-electron chi connectivity index (χ3n) is 3.05. The van der Waals surface area contributed by atoms with Crippen LogP contribution in [-0.2, 0) is 9.53 Å². The molecule has 0 unspecified atom stereocenters. The normalized spacial score (nSPS) is 21.4. The Morgan fingerprint density at radius 2 is 2.10 bits per heavy atom. The third kappa shape index (κ3) is 3.93. The van der Waals surface area contributed by atoms with Crippen molar-refractivity contribution in [3.63, 3.8) is 0 Å². The summed E-state index contributed by atoms with van der Waals surface area (Å²) in [4.78, 5) is 18.2. The number of nitrogens with one attached hydrogen (secondary N) is 1. The number of aromatic nitrogens is 1. The molecule has 0 bridgehead atoms. The van der Waals surface area contributed by atoms with Crippen LogP contribution in [0.25, 0.3) is 0 Å². The van der Waals surface area contributed by atoms with E-state index in [-0.39, 0.29) is 23.5 Å². The number of carbonyl (C=O) groups is 1. The molecule has 1 heterocycles. The Balaban J connectivity index is 1.87. The van der Waals surface area contributed by atoms with Crippen LogP contribution in [0.3, 0.4) is 0 Å². The first-order valence-electron chi connectivity index (χ1n) is 6.88. The van der Waals surface area contributed by atoms with Crippen molar-refractivity contribution >= 4 is 17.4 Å². The van der Waals surface area contributed by atoms with E-state index in [1.165, 1.54) is 0 Å². The average molecular weight is 277 g/mol. The number of hydrogen-bond acceptors (Lipinski definition) is 4. The summed E-state index contributed by atoms with van der Waals surface area (Å²) in [6.07, 6.45) is 2.52. The van der Waals surface area contributed by atoms with Crippen LogP contribution >= 0.6 is 0 Å². The maximum absolute atomic E-state index is 12.1. The van der Waals surface area contributed by atoms with Crippen LogP contribution in [0.4, 0.5) is 11.5 Å². The Morgan fingerprint density at radius 3 is 2.60 bits per heavy atom. The molecule has 20 heavy (non-hydrogen) atoms. The number of anilines is 2. The Morgan fingerprint density at radius 1 is 1.40 bits per heavy atom. The van der Waals surface area contributed by atoms with Crippen molar-refractivity contribution in [2.24, 2.45) is 5.92 Å². The van der Waals surface area contributed by atoms with Gasteiger partial charge in [0.1, 0.15) is 5.82 Å². The highest BCUT2D eigenvalue weighted by Crippen LogP contribution is 2.37. The summed E-state index contributed by atoms with van der Waals surface area (Å²) >= 11 is 0. The van der Waals surface area contributed by atoms with E-state index in [0.717, 1.165) is 17.9 Å².